The van der Waals surface area contributed by atoms with E-state index in [0.29, 0.717) is 19.8 Å². The molecule has 0 spiro atoms. The third-order valence-electron chi connectivity index (χ3n) is 2.44. The van der Waals surface area contributed by atoms with Crippen LogP contribution in [0.5, 0.6) is 12.0 Å². The van der Waals surface area contributed by atoms with E-state index in [0.717, 1.165) is 19.3 Å². The molecule has 0 radical (unpaired) electrons. The molecule has 2 heterocycles. The first-order valence-corrected chi connectivity index (χ1v) is 6.44. The monoisotopic (exact) mass is 273 g/mol. The molecule has 0 aliphatic carbocycles. The van der Waals surface area contributed by atoms with Crippen molar-refractivity contribution in [3.63, 3.8) is 0 Å². The van der Waals surface area contributed by atoms with Gasteiger partial charge in [0, 0.05) is 12.8 Å². The highest BCUT2D eigenvalue weighted by Crippen LogP contribution is 2.17. The van der Waals surface area contributed by atoms with E-state index in [9.17, 15) is 0 Å². The lowest BCUT2D eigenvalue weighted by Gasteiger charge is -2.22. The number of rotatable bonds is 5. The standard InChI is InChI=1S/C11H16ClN3O3/c1-2-5-17-10-13-9(12)14-11(15-10)18-8-3-6-16-7-4-8/h8H,2-7H2,1H3. The van der Waals surface area contributed by atoms with Crippen molar-refractivity contribution in [3.8, 4) is 12.0 Å². The van der Waals surface area contributed by atoms with E-state index in [1.165, 1.54) is 0 Å². The first-order chi connectivity index (χ1) is 8.78. The topological polar surface area (TPSA) is 66.4 Å². The molecular weight excluding hydrogens is 258 g/mol. The summed E-state index contributed by atoms with van der Waals surface area (Å²) in [6.45, 7) is 3.94. The molecule has 0 unspecified atom stereocenters. The lowest BCUT2D eigenvalue weighted by atomic mass is 10.2. The second-order valence-electron chi connectivity index (χ2n) is 3.95. The molecule has 0 saturated carbocycles. The maximum atomic E-state index is 5.80. The zero-order valence-electron chi connectivity index (χ0n) is 10.3. The average molecular weight is 274 g/mol. The molecule has 0 bridgehead atoms. The van der Waals surface area contributed by atoms with Gasteiger partial charge < -0.3 is 14.2 Å². The van der Waals surface area contributed by atoms with Crippen molar-refractivity contribution in [2.24, 2.45) is 0 Å². The van der Waals surface area contributed by atoms with Crippen molar-refractivity contribution in [2.75, 3.05) is 19.8 Å². The molecule has 2 rings (SSSR count). The highest BCUT2D eigenvalue weighted by atomic mass is 35.5. The van der Waals surface area contributed by atoms with Crippen molar-refractivity contribution >= 4 is 11.6 Å². The summed E-state index contributed by atoms with van der Waals surface area (Å²) in [6.07, 6.45) is 2.60. The second kappa shape index (κ2) is 6.70. The molecule has 18 heavy (non-hydrogen) atoms. The average Bonchev–Trinajstić information content (AvgIpc) is 2.37. The van der Waals surface area contributed by atoms with Crippen molar-refractivity contribution < 1.29 is 14.2 Å². The fourth-order valence-corrected chi connectivity index (χ4v) is 1.71. The minimum Gasteiger partial charge on any atom is -0.463 e. The third-order valence-corrected chi connectivity index (χ3v) is 2.61. The van der Waals surface area contributed by atoms with Crippen LogP contribution in [0.4, 0.5) is 0 Å². The maximum absolute atomic E-state index is 5.80. The largest absolute Gasteiger partial charge is 0.463 e. The van der Waals surface area contributed by atoms with Crippen LogP contribution >= 0.6 is 11.6 Å². The predicted molar refractivity (Wildman–Crippen MR) is 65.1 cm³/mol. The molecule has 1 aliphatic heterocycles. The number of halogens is 1. The predicted octanol–water partition coefficient (Wildman–Crippen LogP) is 1.87. The van der Waals surface area contributed by atoms with Crippen LogP contribution in [0.25, 0.3) is 0 Å². The van der Waals surface area contributed by atoms with E-state index in [4.69, 9.17) is 25.8 Å². The van der Waals surface area contributed by atoms with E-state index < -0.39 is 0 Å². The quantitative estimate of drug-likeness (QED) is 0.816. The zero-order chi connectivity index (χ0) is 12.8. The van der Waals surface area contributed by atoms with E-state index in [-0.39, 0.29) is 23.4 Å². The SMILES string of the molecule is CCCOc1nc(Cl)nc(OC2CCOCC2)n1. The van der Waals surface area contributed by atoms with Gasteiger partial charge in [-0.15, -0.1) is 4.98 Å². The maximum Gasteiger partial charge on any atom is 0.324 e. The third kappa shape index (κ3) is 3.96. The van der Waals surface area contributed by atoms with Gasteiger partial charge in [0.15, 0.2) is 0 Å². The summed E-state index contributed by atoms with van der Waals surface area (Å²) >= 11 is 5.80. The van der Waals surface area contributed by atoms with Crippen LogP contribution in [-0.2, 0) is 4.74 Å². The van der Waals surface area contributed by atoms with E-state index >= 15 is 0 Å². The second-order valence-corrected chi connectivity index (χ2v) is 4.29. The highest BCUT2D eigenvalue weighted by Gasteiger charge is 2.17. The zero-order valence-corrected chi connectivity index (χ0v) is 11.0. The van der Waals surface area contributed by atoms with E-state index in [1.54, 1.807) is 0 Å². The molecule has 1 saturated heterocycles. The van der Waals surface area contributed by atoms with E-state index in [1.807, 2.05) is 6.92 Å². The molecule has 1 aromatic heterocycles. The summed E-state index contributed by atoms with van der Waals surface area (Å²) in [5.74, 6) is 0. The normalized spacial score (nSPS) is 16.6. The van der Waals surface area contributed by atoms with Crippen molar-refractivity contribution in [1.82, 2.24) is 15.0 Å². The lowest BCUT2D eigenvalue weighted by Crippen LogP contribution is -2.26. The molecular formula is C11H16ClN3O3. The minimum absolute atomic E-state index is 0.0660. The van der Waals surface area contributed by atoms with Crippen LogP contribution in [-0.4, -0.2) is 40.9 Å². The van der Waals surface area contributed by atoms with Crippen molar-refractivity contribution in [2.45, 2.75) is 32.3 Å². The van der Waals surface area contributed by atoms with Gasteiger partial charge in [-0.2, -0.15) is 9.97 Å². The Morgan fingerprint density at radius 1 is 1.22 bits per heavy atom. The fourth-order valence-electron chi connectivity index (χ4n) is 1.57. The molecule has 6 nitrogen and oxygen atoms in total. The molecule has 0 amide bonds. The first kappa shape index (κ1) is 13.3. The molecule has 0 aromatic carbocycles. The molecule has 1 fully saturated rings. The molecule has 1 aromatic rings. The summed E-state index contributed by atoms with van der Waals surface area (Å²) in [7, 11) is 0. The van der Waals surface area contributed by atoms with Gasteiger partial charge in [0.1, 0.15) is 6.10 Å². The lowest BCUT2D eigenvalue weighted by molar-refractivity contribution is 0.0212. The van der Waals surface area contributed by atoms with Crippen LogP contribution in [0.15, 0.2) is 0 Å². The first-order valence-electron chi connectivity index (χ1n) is 6.06. The van der Waals surface area contributed by atoms with Crippen molar-refractivity contribution in [3.05, 3.63) is 5.28 Å². The number of nitrogens with zero attached hydrogens (tertiary/aromatic N) is 3. The van der Waals surface area contributed by atoms with Gasteiger partial charge >= 0.3 is 12.0 Å². The molecule has 7 heteroatoms. The van der Waals surface area contributed by atoms with Crippen LogP contribution in [0.2, 0.25) is 5.28 Å². The Balaban J connectivity index is 1.99. The number of hydrogen-bond acceptors (Lipinski definition) is 6. The van der Waals surface area contributed by atoms with Gasteiger partial charge in [0.25, 0.3) is 0 Å². The Kier molecular flexibility index (Phi) is 4.95. The Bertz CT molecular complexity index is 386. The summed E-state index contributed by atoms with van der Waals surface area (Å²) in [4.78, 5) is 11.9. The molecule has 100 valence electrons. The molecule has 1 aliphatic rings. The Labute approximate surface area is 111 Å². The molecule has 0 N–H and O–H groups in total. The summed E-state index contributed by atoms with van der Waals surface area (Å²) in [5, 5.41) is 0.0816. The van der Waals surface area contributed by atoms with Crippen molar-refractivity contribution in [1.29, 1.82) is 0 Å². The van der Waals surface area contributed by atoms with Gasteiger partial charge in [0.2, 0.25) is 5.28 Å². The number of aromatic nitrogens is 3. The van der Waals surface area contributed by atoms with Crippen LogP contribution in [0.3, 0.4) is 0 Å². The van der Waals surface area contributed by atoms with Gasteiger partial charge in [-0.1, -0.05) is 6.92 Å². The number of ether oxygens (including phenoxy) is 3. The highest BCUT2D eigenvalue weighted by molar-refractivity contribution is 6.28. The minimum atomic E-state index is 0.0660. The Hall–Kier alpha value is -1.14. The Morgan fingerprint density at radius 2 is 1.94 bits per heavy atom. The summed E-state index contributed by atoms with van der Waals surface area (Å²) in [6, 6.07) is 0.423. The van der Waals surface area contributed by atoms with E-state index in [2.05, 4.69) is 15.0 Å². The van der Waals surface area contributed by atoms with Crippen LogP contribution in [0, 0.1) is 0 Å². The molecule has 0 atom stereocenters. The number of hydrogen-bond donors (Lipinski definition) is 0. The summed E-state index contributed by atoms with van der Waals surface area (Å²) < 4.78 is 16.2. The van der Waals surface area contributed by atoms with Gasteiger partial charge in [-0.25, -0.2) is 0 Å². The van der Waals surface area contributed by atoms with Gasteiger partial charge in [-0.05, 0) is 18.0 Å². The fraction of sp³-hybridized carbons (Fsp3) is 0.727. The van der Waals surface area contributed by atoms with Gasteiger partial charge in [0.05, 0.1) is 19.8 Å². The smallest absolute Gasteiger partial charge is 0.324 e. The van der Waals surface area contributed by atoms with Gasteiger partial charge in [-0.3, -0.25) is 0 Å². The van der Waals surface area contributed by atoms with Crippen LogP contribution in [0.1, 0.15) is 26.2 Å². The Morgan fingerprint density at radius 3 is 2.67 bits per heavy atom. The summed E-state index contributed by atoms with van der Waals surface area (Å²) in [5.41, 5.74) is 0. The van der Waals surface area contributed by atoms with Crippen LogP contribution < -0.4 is 9.47 Å².